The number of anilines is 1. The quantitative estimate of drug-likeness (QED) is 0.846. The van der Waals surface area contributed by atoms with Gasteiger partial charge in [-0.3, -0.25) is 10.1 Å². The number of ether oxygens (including phenoxy) is 1. The predicted octanol–water partition coefficient (Wildman–Crippen LogP) is 0.859. The molecule has 0 saturated carbocycles. The first-order valence-electron chi connectivity index (χ1n) is 6.07. The number of hydrogen-bond acceptors (Lipinski definition) is 6. The van der Waals surface area contributed by atoms with E-state index >= 15 is 0 Å². The zero-order chi connectivity index (χ0) is 15.5. The smallest absolute Gasteiger partial charge is 0.258 e. The number of aromatic nitrogens is 3. The number of amides is 1. The molecule has 2 N–H and O–H groups in total. The Kier molecular flexibility index (Phi) is 4.22. The van der Waals surface area contributed by atoms with Gasteiger partial charge in [0.15, 0.2) is 0 Å². The normalized spacial score (nSPS) is 11.1. The Balaban J connectivity index is 2.14. The maximum Gasteiger partial charge on any atom is 0.258 e. The summed E-state index contributed by atoms with van der Waals surface area (Å²) >= 11 is 0. The van der Waals surface area contributed by atoms with Crippen LogP contribution in [-0.2, 0) is 9.84 Å². The van der Waals surface area contributed by atoms with E-state index in [4.69, 9.17) is 4.74 Å². The van der Waals surface area contributed by atoms with Gasteiger partial charge < -0.3 is 4.74 Å². The second-order valence-electron chi connectivity index (χ2n) is 4.15. The molecule has 0 unspecified atom stereocenters. The number of carbonyl (C=O) groups is 1. The summed E-state index contributed by atoms with van der Waals surface area (Å²) < 4.78 is 27.8. The Hall–Kier alpha value is -2.42. The summed E-state index contributed by atoms with van der Waals surface area (Å²) in [4.78, 5) is 15.7. The molecule has 0 aliphatic heterocycles. The van der Waals surface area contributed by atoms with Gasteiger partial charge in [0.2, 0.25) is 20.9 Å². The maximum absolute atomic E-state index is 12.0. The molecule has 21 heavy (non-hydrogen) atoms. The van der Waals surface area contributed by atoms with E-state index < -0.39 is 15.7 Å². The first kappa shape index (κ1) is 15.0. The summed E-state index contributed by atoms with van der Waals surface area (Å²) in [6, 6.07) is 6.58. The van der Waals surface area contributed by atoms with Crippen LogP contribution in [0, 0.1) is 0 Å². The summed E-state index contributed by atoms with van der Waals surface area (Å²) in [7, 11) is -3.50. The molecule has 0 radical (unpaired) electrons. The Morgan fingerprint density at radius 2 is 2.19 bits per heavy atom. The van der Waals surface area contributed by atoms with Crippen molar-refractivity contribution < 1.29 is 17.9 Å². The summed E-state index contributed by atoms with van der Waals surface area (Å²) in [5, 5.41) is 7.98. The van der Waals surface area contributed by atoms with Crippen molar-refractivity contribution in [1.29, 1.82) is 0 Å². The van der Waals surface area contributed by atoms with Gasteiger partial charge in [0.25, 0.3) is 5.91 Å². The van der Waals surface area contributed by atoms with E-state index in [0.717, 1.165) is 6.26 Å². The highest BCUT2D eigenvalue weighted by Crippen LogP contribution is 2.14. The second-order valence-corrected chi connectivity index (χ2v) is 6.08. The van der Waals surface area contributed by atoms with Crippen LogP contribution >= 0.6 is 0 Å². The zero-order valence-electron chi connectivity index (χ0n) is 11.5. The molecule has 1 aromatic carbocycles. The minimum atomic E-state index is -3.50. The number of aromatic amines is 1. The van der Waals surface area contributed by atoms with E-state index in [1.54, 1.807) is 24.3 Å². The molecule has 0 bridgehead atoms. The van der Waals surface area contributed by atoms with Gasteiger partial charge >= 0.3 is 0 Å². The van der Waals surface area contributed by atoms with Gasteiger partial charge in [-0.05, 0) is 25.1 Å². The lowest BCUT2D eigenvalue weighted by atomic mass is 10.2. The zero-order valence-corrected chi connectivity index (χ0v) is 12.3. The number of sulfone groups is 1. The van der Waals surface area contributed by atoms with E-state index in [0.29, 0.717) is 17.9 Å². The summed E-state index contributed by atoms with van der Waals surface area (Å²) in [5.74, 6) is -0.00481. The van der Waals surface area contributed by atoms with Gasteiger partial charge in [0.1, 0.15) is 5.75 Å². The maximum atomic E-state index is 12.0. The van der Waals surface area contributed by atoms with Crippen LogP contribution in [0.2, 0.25) is 0 Å². The van der Waals surface area contributed by atoms with Crippen molar-refractivity contribution in [3.63, 3.8) is 0 Å². The van der Waals surface area contributed by atoms with Crippen LogP contribution in [-0.4, -0.2) is 42.4 Å². The molecular formula is C12H14N4O4S. The van der Waals surface area contributed by atoms with Crippen molar-refractivity contribution in [3.05, 3.63) is 29.8 Å². The number of hydrogen-bond donors (Lipinski definition) is 2. The molecule has 112 valence electrons. The van der Waals surface area contributed by atoms with Gasteiger partial charge in [0, 0.05) is 11.8 Å². The molecule has 9 heteroatoms. The summed E-state index contributed by atoms with van der Waals surface area (Å²) in [5.41, 5.74) is 0.353. The summed E-state index contributed by atoms with van der Waals surface area (Å²) in [6.07, 6.45) is 0.991. The van der Waals surface area contributed by atoms with Crippen molar-refractivity contribution in [3.8, 4) is 5.75 Å². The molecule has 1 amide bonds. The third-order valence-electron chi connectivity index (χ3n) is 2.45. The Bertz CT molecular complexity index is 754. The number of benzene rings is 1. The predicted molar refractivity (Wildman–Crippen MR) is 75.1 cm³/mol. The lowest BCUT2D eigenvalue weighted by Gasteiger charge is -2.05. The van der Waals surface area contributed by atoms with Crippen LogP contribution in [0.15, 0.2) is 29.4 Å². The molecule has 0 aliphatic rings. The number of rotatable bonds is 5. The van der Waals surface area contributed by atoms with Crippen molar-refractivity contribution in [2.45, 2.75) is 12.1 Å². The fourth-order valence-electron chi connectivity index (χ4n) is 1.54. The lowest BCUT2D eigenvalue weighted by Crippen LogP contribution is -2.13. The standard InChI is InChI=1S/C12H14N4O4S/c1-3-20-9-6-4-5-8(7-9)10(17)13-11-14-12(16-15-11)21(2,18)19/h4-7H,3H2,1-2H3,(H2,13,14,15,16,17). The monoisotopic (exact) mass is 310 g/mol. The SMILES string of the molecule is CCOc1cccc(C(=O)Nc2n[nH]c(S(C)(=O)=O)n2)c1. The fraction of sp³-hybridized carbons (Fsp3) is 0.250. The van der Waals surface area contributed by atoms with Crippen molar-refractivity contribution in [2.75, 3.05) is 18.2 Å². The third kappa shape index (κ3) is 3.78. The molecule has 0 spiro atoms. The lowest BCUT2D eigenvalue weighted by molar-refractivity contribution is 0.102. The molecule has 8 nitrogen and oxygen atoms in total. The van der Waals surface area contributed by atoms with Gasteiger partial charge in [-0.15, -0.1) is 5.10 Å². The third-order valence-corrected chi connectivity index (χ3v) is 3.33. The molecule has 1 heterocycles. The first-order chi connectivity index (χ1) is 9.90. The molecule has 0 aliphatic carbocycles. The molecule has 2 aromatic rings. The van der Waals surface area contributed by atoms with Crippen LogP contribution in [0.3, 0.4) is 0 Å². The number of nitrogens with one attached hydrogen (secondary N) is 2. The first-order valence-corrected chi connectivity index (χ1v) is 7.96. The Morgan fingerprint density at radius 1 is 1.43 bits per heavy atom. The minimum absolute atomic E-state index is 0.109. The van der Waals surface area contributed by atoms with Crippen molar-refractivity contribution in [2.24, 2.45) is 0 Å². The Morgan fingerprint density at radius 3 is 2.81 bits per heavy atom. The van der Waals surface area contributed by atoms with Crippen LogP contribution in [0.4, 0.5) is 5.95 Å². The van der Waals surface area contributed by atoms with Gasteiger partial charge in [-0.2, -0.15) is 4.98 Å². The molecule has 0 atom stereocenters. The minimum Gasteiger partial charge on any atom is -0.494 e. The molecule has 0 fully saturated rings. The van der Waals surface area contributed by atoms with Crippen LogP contribution in [0.1, 0.15) is 17.3 Å². The molecule has 2 rings (SSSR count). The highest BCUT2D eigenvalue weighted by Gasteiger charge is 2.15. The highest BCUT2D eigenvalue weighted by molar-refractivity contribution is 7.90. The van der Waals surface area contributed by atoms with Crippen molar-refractivity contribution in [1.82, 2.24) is 15.2 Å². The van der Waals surface area contributed by atoms with E-state index in [1.807, 2.05) is 6.92 Å². The summed E-state index contributed by atoms with van der Waals surface area (Å²) in [6.45, 7) is 2.33. The van der Waals surface area contributed by atoms with E-state index in [2.05, 4.69) is 20.5 Å². The highest BCUT2D eigenvalue weighted by atomic mass is 32.2. The second kappa shape index (κ2) is 5.92. The van der Waals surface area contributed by atoms with Gasteiger partial charge in [-0.25, -0.2) is 13.5 Å². The van der Waals surface area contributed by atoms with Gasteiger partial charge in [-0.1, -0.05) is 6.07 Å². The van der Waals surface area contributed by atoms with E-state index in [9.17, 15) is 13.2 Å². The Labute approximate surface area is 121 Å². The van der Waals surface area contributed by atoms with E-state index in [1.165, 1.54) is 0 Å². The fourth-order valence-corrected chi connectivity index (χ4v) is 2.00. The van der Waals surface area contributed by atoms with Crippen molar-refractivity contribution >= 4 is 21.7 Å². The number of nitrogens with zero attached hydrogens (tertiary/aromatic N) is 2. The number of carbonyl (C=O) groups excluding carboxylic acids is 1. The van der Waals surface area contributed by atoms with E-state index in [-0.39, 0.29) is 11.1 Å². The van der Waals surface area contributed by atoms with Crippen LogP contribution in [0.25, 0.3) is 0 Å². The molecule has 1 aromatic heterocycles. The van der Waals surface area contributed by atoms with Crippen LogP contribution in [0.5, 0.6) is 5.75 Å². The number of H-pyrrole nitrogens is 1. The van der Waals surface area contributed by atoms with Crippen LogP contribution < -0.4 is 10.1 Å². The average molecular weight is 310 g/mol. The van der Waals surface area contributed by atoms with Gasteiger partial charge in [0.05, 0.1) is 6.61 Å². The molecule has 0 saturated heterocycles. The average Bonchev–Trinajstić information content (AvgIpc) is 2.88. The largest absolute Gasteiger partial charge is 0.494 e. The molecular weight excluding hydrogens is 296 g/mol. The topological polar surface area (TPSA) is 114 Å².